The van der Waals surface area contributed by atoms with Crippen molar-refractivity contribution in [1.29, 1.82) is 0 Å². The zero-order valence-electron chi connectivity index (χ0n) is 18.1. The van der Waals surface area contributed by atoms with Gasteiger partial charge in [-0.25, -0.2) is 0 Å². The molecule has 0 heterocycles. The molecule has 0 aliphatic rings. The van der Waals surface area contributed by atoms with Crippen LogP contribution in [-0.2, 0) is 0 Å². The summed E-state index contributed by atoms with van der Waals surface area (Å²) in [6.45, 7) is 4.02. The van der Waals surface area contributed by atoms with Gasteiger partial charge in [0.15, 0.2) is 0 Å². The highest BCUT2D eigenvalue weighted by Crippen LogP contribution is 2.12. The summed E-state index contributed by atoms with van der Waals surface area (Å²) in [7, 11) is 6.36. The van der Waals surface area contributed by atoms with E-state index in [2.05, 4.69) is 28.1 Å². The van der Waals surface area contributed by atoms with E-state index in [1.807, 2.05) is 0 Å². The molecule has 0 aliphatic carbocycles. The minimum atomic E-state index is 0.315. The highest BCUT2D eigenvalue weighted by atomic mass is 16.3. The van der Waals surface area contributed by atoms with Crippen molar-refractivity contribution in [3.05, 3.63) is 0 Å². The monoisotopic (exact) mass is 360 g/mol. The van der Waals surface area contributed by atoms with Gasteiger partial charge < -0.3 is 14.7 Å². The number of quaternary nitrogens is 1. The number of unbranched alkanes of at least 4 members (excludes halogenated alkanes) is 13. The van der Waals surface area contributed by atoms with Crippen LogP contribution in [0.15, 0.2) is 0 Å². The second-order valence-electron chi connectivity index (χ2n) is 8.41. The minimum Gasteiger partial charge on any atom is -0.396 e. The molecule has 0 saturated carbocycles. The molecule has 0 fully saturated rings. The van der Waals surface area contributed by atoms with Crippen LogP contribution in [0.3, 0.4) is 0 Å². The van der Waals surface area contributed by atoms with Crippen LogP contribution in [0.1, 0.15) is 103 Å². The molecule has 0 aromatic heterocycles. The van der Waals surface area contributed by atoms with E-state index in [0.717, 1.165) is 23.9 Å². The molecule has 0 unspecified atom stereocenters. The Balaban J connectivity index is 0. The molecule has 0 aliphatic heterocycles. The first kappa shape index (κ1) is 27.1. The summed E-state index contributed by atoms with van der Waals surface area (Å²) in [6.07, 6.45) is 20.1. The highest BCUT2D eigenvalue weighted by Gasteiger charge is 2.03. The van der Waals surface area contributed by atoms with Crippen LogP contribution in [0.4, 0.5) is 0 Å². The maximum absolute atomic E-state index is 8.64. The van der Waals surface area contributed by atoms with Gasteiger partial charge in [-0.2, -0.15) is 0 Å². The van der Waals surface area contributed by atoms with Gasteiger partial charge in [-0.05, 0) is 6.42 Å². The lowest BCUT2D eigenvalue weighted by Gasteiger charge is -2.22. The van der Waals surface area contributed by atoms with Gasteiger partial charge in [-0.15, -0.1) is 0 Å². The molecule has 0 rings (SSSR count). The second-order valence-corrected chi connectivity index (χ2v) is 8.41. The van der Waals surface area contributed by atoms with Gasteiger partial charge in [0.2, 0.25) is 0 Å². The Hall–Kier alpha value is -0.120. The maximum atomic E-state index is 8.64. The van der Waals surface area contributed by atoms with Crippen molar-refractivity contribution < 1.29 is 14.7 Å². The number of hydrogen-bond acceptors (Lipinski definition) is 2. The number of nitrogens with zero attached hydrogens (tertiary/aromatic N) is 1. The lowest BCUT2D eigenvalue weighted by molar-refractivity contribution is -0.870. The van der Waals surface area contributed by atoms with E-state index in [0.29, 0.717) is 13.2 Å². The summed E-state index contributed by atoms with van der Waals surface area (Å²) in [4.78, 5) is 0. The summed E-state index contributed by atoms with van der Waals surface area (Å²) in [6, 6.07) is 0. The molecule has 3 nitrogen and oxygen atoms in total. The Kier molecular flexibility index (Phi) is 23.8. The van der Waals surface area contributed by atoms with E-state index in [1.54, 1.807) is 0 Å². The van der Waals surface area contributed by atoms with E-state index in [-0.39, 0.29) is 0 Å². The van der Waals surface area contributed by atoms with Crippen LogP contribution in [0.5, 0.6) is 0 Å². The third-order valence-electron chi connectivity index (χ3n) is 4.50. The van der Waals surface area contributed by atoms with Crippen LogP contribution in [0.25, 0.3) is 0 Å². The van der Waals surface area contributed by atoms with E-state index in [9.17, 15) is 0 Å². The third kappa shape index (κ3) is 32.1. The molecule has 0 amide bonds. The van der Waals surface area contributed by atoms with Crippen LogP contribution < -0.4 is 0 Å². The van der Waals surface area contributed by atoms with Gasteiger partial charge in [-0.1, -0.05) is 90.4 Å². The fraction of sp³-hybridized carbons (Fsp3) is 1.00. The van der Waals surface area contributed by atoms with Gasteiger partial charge in [0, 0.05) is 19.6 Å². The number of aliphatic hydroxyl groups excluding tert-OH is 2. The van der Waals surface area contributed by atoms with Crippen LogP contribution in [-0.4, -0.2) is 55.6 Å². The molecule has 0 aromatic carbocycles. The number of hydrogen-bond donors (Lipinski definition) is 2. The Bertz CT molecular complexity index is 213. The predicted molar refractivity (Wildman–Crippen MR) is 112 cm³/mol. The highest BCUT2D eigenvalue weighted by molar-refractivity contribution is 4.48. The van der Waals surface area contributed by atoms with Crippen molar-refractivity contribution in [2.75, 3.05) is 40.9 Å². The smallest absolute Gasteiger partial charge is 0.0802 e. The molecular formula is C22H50NO2+. The fourth-order valence-electron chi connectivity index (χ4n) is 2.85. The summed E-state index contributed by atoms with van der Waals surface area (Å²) < 4.78 is 0.945. The van der Waals surface area contributed by atoms with E-state index >= 15 is 0 Å². The standard InChI is InChI=1S/C16H34O.C6H16NO/c1-2-3-4-5-6-7-8-9-10-11-12-13-14-15-16-17;1-7(2,3)5-4-6-8/h17H,2-16H2,1H3;8H,4-6H2,1-3H3/q;+1. The van der Waals surface area contributed by atoms with Crippen molar-refractivity contribution in [2.24, 2.45) is 0 Å². The van der Waals surface area contributed by atoms with Gasteiger partial charge in [0.1, 0.15) is 0 Å². The first-order valence-corrected chi connectivity index (χ1v) is 11.0. The molecular weight excluding hydrogens is 310 g/mol. The number of rotatable bonds is 17. The van der Waals surface area contributed by atoms with E-state index in [4.69, 9.17) is 10.2 Å². The lowest BCUT2D eigenvalue weighted by Crippen LogP contribution is -2.35. The summed E-state index contributed by atoms with van der Waals surface area (Å²) in [5, 5.41) is 17.1. The largest absolute Gasteiger partial charge is 0.396 e. The molecule has 25 heavy (non-hydrogen) atoms. The van der Waals surface area contributed by atoms with Gasteiger partial charge in [-0.3, -0.25) is 0 Å². The zero-order valence-corrected chi connectivity index (χ0v) is 18.1. The Morgan fingerprint density at radius 2 is 0.800 bits per heavy atom. The third-order valence-corrected chi connectivity index (χ3v) is 4.50. The Morgan fingerprint density at radius 3 is 1.04 bits per heavy atom. The SMILES string of the molecule is CCCCCCCCCCCCCCCCO.C[N+](C)(C)CCCO. The zero-order chi connectivity index (χ0) is 19.2. The average molecular weight is 361 g/mol. The minimum absolute atomic E-state index is 0.315. The predicted octanol–water partition coefficient (Wildman–Crippen LogP) is 5.54. The first-order valence-electron chi connectivity index (χ1n) is 11.0. The van der Waals surface area contributed by atoms with Gasteiger partial charge >= 0.3 is 0 Å². The molecule has 154 valence electrons. The van der Waals surface area contributed by atoms with Crippen LogP contribution >= 0.6 is 0 Å². The van der Waals surface area contributed by atoms with Gasteiger partial charge in [0.05, 0.1) is 27.7 Å². The summed E-state index contributed by atoms with van der Waals surface area (Å²) in [5.41, 5.74) is 0. The molecule has 3 heteroatoms. The molecule has 0 aromatic rings. The topological polar surface area (TPSA) is 40.5 Å². The average Bonchev–Trinajstić information content (AvgIpc) is 2.57. The molecule has 0 radical (unpaired) electrons. The van der Waals surface area contributed by atoms with Gasteiger partial charge in [0.25, 0.3) is 0 Å². The quantitative estimate of drug-likeness (QED) is 0.264. The fourth-order valence-corrected chi connectivity index (χ4v) is 2.85. The Morgan fingerprint density at radius 1 is 0.480 bits per heavy atom. The van der Waals surface area contributed by atoms with E-state index in [1.165, 1.54) is 83.5 Å². The normalized spacial score (nSPS) is 11.3. The van der Waals surface area contributed by atoms with Crippen molar-refractivity contribution in [2.45, 2.75) is 103 Å². The summed E-state index contributed by atoms with van der Waals surface area (Å²) in [5.74, 6) is 0. The number of aliphatic hydroxyl groups is 2. The van der Waals surface area contributed by atoms with Crippen LogP contribution in [0, 0.1) is 0 Å². The van der Waals surface area contributed by atoms with Crippen molar-refractivity contribution in [3.8, 4) is 0 Å². The molecule has 0 atom stereocenters. The molecule has 0 saturated heterocycles. The lowest BCUT2D eigenvalue weighted by atomic mass is 10.0. The first-order chi connectivity index (χ1) is 12.0. The maximum Gasteiger partial charge on any atom is 0.0802 e. The molecule has 2 N–H and O–H groups in total. The summed E-state index contributed by atoms with van der Waals surface area (Å²) >= 11 is 0. The molecule has 0 spiro atoms. The second kappa shape index (κ2) is 21.9. The van der Waals surface area contributed by atoms with E-state index < -0.39 is 0 Å². The van der Waals surface area contributed by atoms with Crippen molar-refractivity contribution >= 4 is 0 Å². The van der Waals surface area contributed by atoms with Crippen molar-refractivity contribution in [3.63, 3.8) is 0 Å². The van der Waals surface area contributed by atoms with Crippen LogP contribution in [0.2, 0.25) is 0 Å². The Labute approximate surface area is 159 Å². The molecule has 0 bridgehead atoms. The van der Waals surface area contributed by atoms with Crippen molar-refractivity contribution in [1.82, 2.24) is 0 Å².